The fraction of sp³-hybridized carbons (Fsp3) is 0.667. The van der Waals surface area contributed by atoms with Crippen LogP contribution < -0.4 is 20.7 Å². The summed E-state index contributed by atoms with van der Waals surface area (Å²) in [6.07, 6.45) is 5.24. The van der Waals surface area contributed by atoms with E-state index in [0.717, 1.165) is 61.0 Å². The van der Waals surface area contributed by atoms with Gasteiger partial charge in [-0.05, 0) is 80.5 Å². The molecule has 4 amide bonds. The van der Waals surface area contributed by atoms with E-state index in [1.807, 2.05) is 46.8 Å². The van der Waals surface area contributed by atoms with Crippen molar-refractivity contribution in [1.29, 1.82) is 0 Å². The van der Waals surface area contributed by atoms with E-state index in [-0.39, 0.29) is 25.0 Å². The van der Waals surface area contributed by atoms with E-state index >= 15 is 0 Å². The van der Waals surface area contributed by atoms with Crippen LogP contribution in [0.5, 0.6) is 5.75 Å². The van der Waals surface area contributed by atoms with Gasteiger partial charge in [-0.1, -0.05) is 38.8 Å². The number of likely N-dealkylation sites (N-methyl/N-ethyl adjacent to an activating group) is 1. The molecule has 4 aliphatic rings. The number of nitrogens with one attached hydrogen (secondary N) is 3. The minimum atomic E-state index is -1.06. The SMILES string of the molecule is CNC(=O)C(=O)[C@H](CC1CC1)NC(=O)[C@@H]1C[C@]2(CC(c3cc(C)c(OC)c(C)c3)=NO2)CN1C(=O)[C@@H](NC(=O)OC1CCCC1)C(C)(C)C. The molecule has 5 rings (SSSR count). The maximum absolute atomic E-state index is 14.5. The highest BCUT2D eigenvalue weighted by atomic mass is 16.7. The molecule has 0 bridgehead atoms. The van der Waals surface area contributed by atoms with E-state index in [2.05, 4.69) is 21.1 Å². The number of carbonyl (C=O) groups excluding carboxylic acids is 5. The predicted molar refractivity (Wildman–Crippen MR) is 181 cm³/mol. The van der Waals surface area contributed by atoms with E-state index in [9.17, 15) is 24.0 Å². The smallest absolute Gasteiger partial charge is 0.408 e. The lowest BCUT2D eigenvalue weighted by atomic mass is 9.85. The van der Waals surface area contributed by atoms with Gasteiger partial charge in [0.25, 0.3) is 5.91 Å². The number of likely N-dealkylation sites (tertiary alicyclic amines) is 1. The predicted octanol–water partition coefficient (Wildman–Crippen LogP) is 3.46. The van der Waals surface area contributed by atoms with Crippen LogP contribution in [0.15, 0.2) is 17.3 Å². The Morgan fingerprint density at radius 2 is 1.69 bits per heavy atom. The van der Waals surface area contributed by atoms with Gasteiger partial charge in [-0.3, -0.25) is 19.2 Å². The third kappa shape index (κ3) is 8.18. The fourth-order valence-corrected chi connectivity index (χ4v) is 7.31. The van der Waals surface area contributed by atoms with Gasteiger partial charge in [-0.25, -0.2) is 4.79 Å². The van der Waals surface area contributed by atoms with Gasteiger partial charge in [0, 0.05) is 25.5 Å². The van der Waals surface area contributed by atoms with Crippen molar-refractivity contribution in [3.05, 3.63) is 28.8 Å². The highest BCUT2D eigenvalue weighted by molar-refractivity contribution is 6.38. The highest BCUT2D eigenvalue weighted by Gasteiger charge is 2.56. The molecule has 2 saturated carbocycles. The van der Waals surface area contributed by atoms with E-state index in [0.29, 0.717) is 18.6 Å². The van der Waals surface area contributed by atoms with Crippen LogP contribution in [-0.4, -0.2) is 90.7 Å². The molecule has 49 heavy (non-hydrogen) atoms. The quantitative estimate of drug-likeness (QED) is 0.299. The number of rotatable bonds is 11. The zero-order chi connectivity index (χ0) is 35.7. The number of ketones is 1. The number of nitrogens with zero attached hydrogens (tertiary/aromatic N) is 2. The van der Waals surface area contributed by atoms with Crippen LogP contribution >= 0.6 is 0 Å². The first-order valence-electron chi connectivity index (χ1n) is 17.4. The molecule has 4 atom stereocenters. The summed E-state index contributed by atoms with van der Waals surface area (Å²) in [4.78, 5) is 74.7. The second-order valence-corrected chi connectivity index (χ2v) is 15.3. The van der Waals surface area contributed by atoms with Crippen molar-refractivity contribution in [2.24, 2.45) is 16.5 Å². The summed E-state index contributed by atoms with van der Waals surface area (Å²) < 4.78 is 11.2. The third-order valence-corrected chi connectivity index (χ3v) is 10.1. The number of oxime groups is 1. The minimum Gasteiger partial charge on any atom is -0.496 e. The molecule has 2 aliphatic carbocycles. The van der Waals surface area contributed by atoms with Crippen molar-refractivity contribution in [3.8, 4) is 5.75 Å². The Morgan fingerprint density at radius 1 is 1.04 bits per heavy atom. The van der Waals surface area contributed by atoms with Crippen LogP contribution in [0.25, 0.3) is 0 Å². The molecule has 13 nitrogen and oxygen atoms in total. The van der Waals surface area contributed by atoms with Crippen molar-refractivity contribution in [1.82, 2.24) is 20.9 Å². The molecule has 3 fully saturated rings. The Labute approximate surface area is 288 Å². The van der Waals surface area contributed by atoms with E-state index in [1.54, 1.807) is 7.11 Å². The average Bonchev–Trinajstić information content (AvgIpc) is 3.38. The number of amides is 4. The Hall–Kier alpha value is -4.16. The summed E-state index contributed by atoms with van der Waals surface area (Å²) in [5.41, 5.74) is 1.62. The van der Waals surface area contributed by atoms with Crippen molar-refractivity contribution in [2.75, 3.05) is 20.7 Å². The molecule has 0 unspecified atom stereocenters. The van der Waals surface area contributed by atoms with Crippen molar-refractivity contribution in [2.45, 2.75) is 122 Å². The summed E-state index contributed by atoms with van der Waals surface area (Å²) in [5, 5.41) is 12.4. The van der Waals surface area contributed by atoms with Gasteiger partial charge in [-0.15, -0.1) is 0 Å². The summed E-state index contributed by atoms with van der Waals surface area (Å²) in [5.74, 6) is -1.55. The first-order valence-corrected chi connectivity index (χ1v) is 17.4. The number of hydrogen-bond acceptors (Lipinski definition) is 9. The van der Waals surface area contributed by atoms with Gasteiger partial charge in [0.15, 0.2) is 5.60 Å². The molecule has 2 heterocycles. The Balaban J connectivity index is 1.42. The number of carbonyl (C=O) groups is 5. The molecular weight excluding hydrogens is 630 g/mol. The molecule has 13 heteroatoms. The number of benzene rings is 1. The second-order valence-electron chi connectivity index (χ2n) is 15.3. The molecule has 3 N–H and O–H groups in total. The topological polar surface area (TPSA) is 165 Å². The lowest BCUT2D eigenvalue weighted by Gasteiger charge is -2.35. The normalized spacial score (nSPS) is 23.4. The van der Waals surface area contributed by atoms with Gasteiger partial charge < -0.3 is 35.2 Å². The van der Waals surface area contributed by atoms with Gasteiger partial charge >= 0.3 is 6.09 Å². The maximum atomic E-state index is 14.5. The lowest BCUT2D eigenvalue weighted by molar-refractivity contribution is -0.144. The van der Waals surface area contributed by atoms with Crippen molar-refractivity contribution < 1.29 is 38.3 Å². The van der Waals surface area contributed by atoms with Gasteiger partial charge in [0.2, 0.25) is 17.6 Å². The average molecular weight is 682 g/mol. The molecule has 0 radical (unpaired) electrons. The summed E-state index contributed by atoms with van der Waals surface area (Å²) in [6.45, 7) is 9.43. The minimum absolute atomic E-state index is 0.0215. The molecule has 1 aromatic rings. The molecule has 0 aromatic heterocycles. The maximum Gasteiger partial charge on any atom is 0.408 e. The molecular formula is C36H51N5O8. The first kappa shape index (κ1) is 36.1. The largest absolute Gasteiger partial charge is 0.496 e. The van der Waals surface area contributed by atoms with Crippen LogP contribution in [0.3, 0.4) is 0 Å². The molecule has 268 valence electrons. The third-order valence-electron chi connectivity index (χ3n) is 10.1. The molecule has 1 aromatic carbocycles. The first-order chi connectivity index (χ1) is 23.1. The second kappa shape index (κ2) is 14.4. The van der Waals surface area contributed by atoms with Crippen molar-refractivity contribution in [3.63, 3.8) is 0 Å². The lowest BCUT2D eigenvalue weighted by Crippen LogP contribution is -2.59. The number of hydrogen-bond donors (Lipinski definition) is 3. The number of aryl methyl sites for hydroxylation is 2. The Bertz CT molecular complexity index is 1490. The van der Waals surface area contributed by atoms with Crippen LogP contribution in [0.1, 0.15) is 95.2 Å². The van der Waals surface area contributed by atoms with Crippen LogP contribution in [0, 0.1) is 25.2 Å². The summed E-state index contributed by atoms with van der Waals surface area (Å²) in [7, 11) is 3.00. The van der Waals surface area contributed by atoms with Gasteiger partial charge in [-0.2, -0.15) is 0 Å². The number of ether oxygens (including phenoxy) is 2. The summed E-state index contributed by atoms with van der Waals surface area (Å²) >= 11 is 0. The highest BCUT2D eigenvalue weighted by Crippen LogP contribution is 2.41. The summed E-state index contributed by atoms with van der Waals surface area (Å²) in [6, 6.07) is 0.816. The Kier molecular flexibility index (Phi) is 10.6. The molecule has 1 saturated heterocycles. The van der Waals surface area contributed by atoms with E-state index in [4.69, 9.17) is 14.3 Å². The Morgan fingerprint density at radius 3 is 2.27 bits per heavy atom. The fourth-order valence-electron chi connectivity index (χ4n) is 7.31. The van der Waals surface area contributed by atoms with E-state index < -0.39 is 58.7 Å². The van der Waals surface area contributed by atoms with E-state index in [1.165, 1.54) is 11.9 Å². The van der Waals surface area contributed by atoms with Gasteiger partial charge in [0.1, 0.15) is 23.9 Å². The number of Topliss-reactive ketones (excluding diaryl/α,β-unsaturated/α-hetero) is 1. The number of methoxy groups -OCH3 is 1. The zero-order valence-electron chi connectivity index (χ0n) is 29.8. The van der Waals surface area contributed by atoms with Gasteiger partial charge in [0.05, 0.1) is 25.4 Å². The standard InChI is InChI=1S/C36H51N5O8/c1-20-14-23(15-21(2)29(20)47-7)26-17-36(49-40-26)18-27(31(43)38-25(16-22-12-13-22)28(42)32(44)37-6)41(19-36)33(45)30(35(3,4)5)39-34(46)48-24-10-8-9-11-24/h14-15,22,24-25,27,30H,8-13,16-19H2,1-7H3,(H,37,44)(H,38,43)(H,39,46)/t25-,27-,30+,36+/m0/s1. The van der Waals surface area contributed by atoms with Crippen LogP contribution in [0.4, 0.5) is 4.79 Å². The zero-order valence-corrected chi connectivity index (χ0v) is 29.8. The monoisotopic (exact) mass is 681 g/mol. The van der Waals surface area contributed by atoms with Crippen LogP contribution in [-0.2, 0) is 28.8 Å². The van der Waals surface area contributed by atoms with Crippen LogP contribution in [0.2, 0.25) is 0 Å². The molecule has 1 spiro atoms. The number of alkyl carbamates (subject to hydrolysis) is 1. The molecule has 2 aliphatic heterocycles. The van der Waals surface area contributed by atoms with Crippen molar-refractivity contribution >= 4 is 35.3 Å².